The molecule has 0 aliphatic carbocycles. The molecule has 0 saturated carbocycles. The van der Waals surface area contributed by atoms with Gasteiger partial charge < -0.3 is 14.4 Å². The number of rotatable bonds is 3. The molecule has 2 aromatic heterocycles. The normalized spacial score (nSPS) is 17.0. The van der Waals surface area contributed by atoms with Crippen molar-refractivity contribution in [2.24, 2.45) is 0 Å². The van der Waals surface area contributed by atoms with Crippen LogP contribution in [0.15, 0.2) is 53.2 Å². The van der Waals surface area contributed by atoms with E-state index in [4.69, 9.17) is 16.1 Å². The predicted molar refractivity (Wildman–Crippen MR) is 103 cm³/mol. The summed E-state index contributed by atoms with van der Waals surface area (Å²) in [6.07, 6.45) is 2.09. The Morgan fingerprint density at radius 2 is 2.14 bits per heavy atom. The second-order valence-corrected chi connectivity index (χ2v) is 7.11. The van der Waals surface area contributed by atoms with E-state index in [1.165, 1.54) is 23.1 Å². The molecular weight excluding hydrogens is 383 g/mol. The number of hydrogen-bond acceptors (Lipinski definition) is 4. The van der Waals surface area contributed by atoms with Gasteiger partial charge in [0.2, 0.25) is 5.91 Å². The predicted octanol–water partition coefficient (Wildman–Crippen LogP) is 4.53. The quantitative estimate of drug-likeness (QED) is 0.552. The summed E-state index contributed by atoms with van der Waals surface area (Å²) in [6, 6.07) is 11.7. The van der Waals surface area contributed by atoms with Crippen LogP contribution in [0.2, 0.25) is 5.02 Å². The van der Waals surface area contributed by atoms with Gasteiger partial charge in [0.25, 0.3) is 5.89 Å². The number of benzene rings is 2. The Hall–Kier alpha value is -3.19. The minimum Gasteiger partial charge on any atom is -0.361 e. The van der Waals surface area contributed by atoms with Crippen molar-refractivity contribution in [3.8, 4) is 11.5 Å². The molecule has 1 unspecified atom stereocenters. The number of amides is 1. The molecule has 1 N–H and O–H groups in total. The highest BCUT2D eigenvalue weighted by atomic mass is 35.5. The number of fused-ring (bicyclic) bond motifs is 1. The topological polar surface area (TPSA) is 75.0 Å². The Kier molecular flexibility index (Phi) is 3.91. The summed E-state index contributed by atoms with van der Waals surface area (Å²) < 4.78 is 18.8. The van der Waals surface area contributed by atoms with Crippen LogP contribution in [0, 0.1) is 5.82 Å². The van der Waals surface area contributed by atoms with Crippen molar-refractivity contribution < 1.29 is 13.7 Å². The molecule has 140 valence electrons. The Morgan fingerprint density at radius 3 is 3.00 bits per heavy atom. The van der Waals surface area contributed by atoms with Gasteiger partial charge in [-0.1, -0.05) is 22.8 Å². The van der Waals surface area contributed by atoms with Gasteiger partial charge in [-0.15, -0.1) is 0 Å². The van der Waals surface area contributed by atoms with Crippen LogP contribution in [-0.2, 0) is 4.79 Å². The SMILES string of the molecule is O=C1CC(c2noc(-c3cccc4[nH]ccc34)n2)CN1c1ccc(F)cc1Cl. The van der Waals surface area contributed by atoms with Gasteiger partial charge in [-0.3, -0.25) is 4.79 Å². The summed E-state index contributed by atoms with van der Waals surface area (Å²) in [4.78, 5) is 21.7. The van der Waals surface area contributed by atoms with Crippen molar-refractivity contribution in [2.45, 2.75) is 12.3 Å². The summed E-state index contributed by atoms with van der Waals surface area (Å²) in [6.45, 7) is 0.359. The molecule has 1 saturated heterocycles. The number of anilines is 1. The molecule has 1 aliphatic heterocycles. The molecule has 4 aromatic rings. The molecule has 3 heterocycles. The third-order valence-electron chi connectivity index (χ3n) is 4.96. The largest absolute Gasteiger partial charge is 0.361 e. The van der Waals surface area contributed by atoms with Gasteiger partial charge >= 0.3 is 0 Å². The van der Waals surface area contributed by atoms with Crippen LogP contribution >= 0.6 is 11.6 Å². The molecule has 6 nitrogen and oxygen atoms in total. The van der Waals surface area contributed by atoms with Crippen LogP contribution in [0.4, 0.5) is 10.1 Å². The van der Waals surface area contributed by atoms with Crippen molar-refractivity contribution in [3.05, 3.63) is 65.3 Å². The molecule has 1 aliphatic rings. The van der Waals surface area contributed by atoms with Gasteiger partial charge in [-0.25, -0.2) is 4.39 Å². The zero-order valence-corrected chi connectivity index (χ0v) is 15.3. The van der Waals surface area contributed by atoms with Gasteiger partial charge in [-0.05, 0) is 36.4 Å². The fourth-order valence-corrected chi connectivity index (χ4v) is 3.86. The molecular formula is C20H14ClFN4O2. The van der Waals surface area contributed by atoms with Crippen molar-refractivity contribution in [2.75, 3.05) is 11.4 Å². The highest BCUT2D eigenvalue weighted by molar-refractivity contribution is 6.33. The number of aromatic amines is 1. The first-order valence-corrected chi connectivity index (χ1v) is 9.13. The lowest BCUT2D eigenvalue weighted by molar-refractivity contribution is -0.117. The third-order valence-corrected chi connectivity index (χ3v) is 5.26. The van der Waals surface area contributed by atoms with Crippen LogP contribution in [-0.4, -0.2) is 27.6 Å². The van der Waals surface area contributed by atoms with E-state index in [1.54, 1.807) is 0 Å². The smallest absolute Gasteiger partial charge is 0.258 e. The van der Waals surface area contributed by atoms with Gasteiger partial charge in [0.1, 0.15) is 5.82 Å². The van der Waals surface area contributed by atoms with Crippen LogP contribution in [0.25, 0.3) is 22.4 Å². The van der Waals surface area contributed by atoms with Crippen LogP contribution < -0.4 is 4.90 Å². The first-order chi connectivity index (χ1) is 13.6. The standard InChI is InChI=1S/C20H14ClFN4O2/c21-15-9-12(22)4-5-17(15)26-10-11(8-18(26)27)19-24-20(28-25-19)14-2-1-3-16-13(14)6-7-23-16/h1-7,9,11,23H,8,10H2. The fourth-order valence-electron chi connectivity index (χ4n) is 3.60. The van der Waals surface area contributed by atoms with Crippen molar-refractivity contribution in [1.82, 2.24) is 15.1 Å². The number of nitrogens with zero attached hydrogens (tertiary/aromatic N) is 3. The molecule has 2 aromatic carbocycles. The van der Waals surface area contributed by atoms with E-state index >= 15 is 0 Å². The lowest BCUT2D eigenvalue weighted by atomic mass is 10.1. The van der Waals surface area contributed by atoms with Crippen LogP contribution in [0.1, 0.15) is 18.2 Å². The molecule has 28 heavy (non-hydrogen) atoms. The summed E-state index contributed by atoms with van der Waals surface area (Å²) in [5.41, 5.74) is 2.29. The van der Waals surface area contributed by atoms with E-state index in [0.29, 0.717) is 23.9 Å². The minimum atomic E-state index is -0.446. The number of aromatic nitrogens is 3. The molecule has 5 rings (SSSR count). The lowest BCUT2D eigenvalue weighted by Crippen LogP contribution is -2.24. The third kappa shape index (κ3) is 2.75. The maximum absolute atomic E-state index is 13.3. The zero-order chi connectivity index (χ0) is 19.3. The highest BCUT2D eigenvalue weighted by Crippen LogP contribution is 2.36. The van der Waals surface area contributed by atoms with Gasteiger partial charge in [0.05, 0.1) is 10.7 Å². The van der Waals surface area contributed by atoms with E-state index in [2.05, 4.69) is 15.1 Å². The van der Waals surface area contributed by atoms with Crippen molar-refractivity contribution >= 4 is 34.1 Å². The fraction of sp³-hybridized carbons (Fsp3) is 0.150. The van der Waals surface area contributed by atoms with E-state index in [-0.39, 0.29) is 23.3 Å². The van der Waals surface area contributed by atoms with Gasteiger partial charge in [0, 0.05) is 41.5 Å². The Balaban J connectivity index is 1.44. The molecule has 0 bridgehead atoms. The van der Waals surface area contributed by atoms with E-state index in [0.717, 1.165) is 16.5 Å². The molecule has 0 spiro atoms. The summed E-state index contributed by atoms with van der Waals surface area (Å²) >= 11 is 6.11. The van der Waals surface area contributed by atoms with Gasteiger partial charge in [-0.2, -0.15) is 4.98 Å². The zero-order valence-electron chi connectivity index (χ0n) is 14.5. The van der Waals surface area contributed by atoms with E-state index in [9.17, 15) is 9.18 Å². The molecule has 0 radical (unpaired) electrons. The molecule has 1 fully saturated rings. The maximum atomic E-state index is 13.3. The average Bonchev–Trinajstić information content (AvgIpc) is 3.40. The van der Waals surface area contributed by atoms with Gasteiger partial charge in [0.15, 0.2) is 5.82 Å². The van der Waals surface area contributed by atoms with Crippen LogP contribution in [0.5, 0.6) is 0 Å². The molecule has 1 amide bonds. The van der Waals surface area contributed by atoms with E-state index in [1.807, 2.05) is 30.5 Å². The lowest BCUT2D eigenvalue weighted by Gasteiger charge is -2.17. The maximum Gasteiger partial charge on any atom is 0.258 e. The number of carbonyl (C=O) groups excluding carboxylic acids is 1. The van der Waals surface area contributed by atoms with Crippen LogP contribution in [0.3, 0.4) is 0 Å². The number of carbonyl (C=O) groups is 1. The Morgan fingerprint density at radius 1 is 1.25 bits per heavy atom. The highest BCUT2D eigenvalue weighted by Gasteiger charge is 2.35. The minimum absolute atomic E-state index is 0.113. The molecule has 8 heteroatoms. The van der Waals surface area contributed by atoms with Crippen molar-refractivity contribution in [3.63, 3.8) is 0 Å². The Bertz CT molecular complexity index is 1200. The summed E-state index contributed by atoms with van der Waals surface area (Å²) in [5.74, 6) is 0.0929. The van der Waals surface area contributed by atoms with Crippen molar-refractivity contribution in [1.29, 1.82) is 0 Å². The second-order valence-electron chi connectivity index (χ2n) is 6.70. The summed E-state index contributed by atoms with van der Waals surface area (Å²) in [7, 11) is 0. The number of halogens is 2. The Labute approximate surface area is 163 Å². The number of H-pyrrole nitrogens is 1. The molecule has 1 atom stereocenters. The second kappa shape index (κ2) is 6.45. The summed E-state index contributed by atoms with van der Waals surface area (Å²) in [5, 5.41) is 5.28. The number of hydrogen-bond donors (Lipinski definition) is 1. The van der Waals surface area contributed by atoms with E-state index < -0.39 is 5.82 Å². The first-order valence-electron chi connectivity index (χ1n) is 8.75. The number of nitrogens with one attached hydrogen (secondary N) is 1. The monoisotopic (exact) mass is 396 g/mol. The average molecular weight is 397 g/mol. The first kappa shape index (κ1) is 16.9.